The van der Waals surface area contributed by atoms with Crippen LogP contribution in [0.15, 0.2) is 28.9 Å². The lowest BCUT2D eigenvalue weighted by Gasteiger charge is -2.36. The van der Waals surface area contributed by atoms with E-state index in [2.05, 4.69) is 21.2 Å². The summed E-state index contributed by atoms with van der Waals surface area (Å²) in [6.07, 6.45) is 8.61. The second-order valence-electron chi connectivity index (χ2n) is 7.76. The van der Waals surface area contributed by atoms with Crippen molar-refractivity contribution in [3.63, 3.8) is 0 Å². The molecule has 1 aromatic heterocycles. The number of nitrogens with zero attached hydrogens (tertiary/aromatic N) is 1. The molecular formula is C20H25BrN2O3. The predicted octanol–water partition coefficient (Wildman–Crippen LogP) is 4.07. The highest BCUT2D eigenvalue weighted by Gasteiger charge is 2.37. The van der Waals surface area contributed by atoms with Crippen molar-refractivity contribution in [1.82, 2.24) is 4.57 Å². The van der Waals surface area contributed by atoms with Gasteiger partial charge in [0.15, 0.2) is 0 Å². The molecule has 0 bridgehead atoms. The van der Waals surface area contributed by atoms with Gasteiger partial charge in [0.25, 0.3) is 0 Å². The Bertz CT molecular complexity index is 807. The molecule has 1 saturated heterocycles. The normalized spacial score (nSPS) is 19.6. The molecule has 2 aromatic rings. The van der Waals surface area contributed by atoms with E-state index in [4.69, 9.17) is 4.74 Å². The number of amides is 1. The van der Waals surface area contributed by atoms with Gasteiger partial charge in [-0.05, 0) is 24.5 Å². The van der Waals surface area contributed by atoms with Crippen molar-refractivity contribution in [3.8, 4) is 0 Å². The second-order valence-corrected chi connectivity index (χ2v) is 8.61. The summed E-state index contributed by atoms with van der Waals surface area (Å²) in [5.74, 6) is 0.777. The van der Waals surface area contributed by atoms with Crippen molar-refractivity contribution < 1.29 is 14.6 Å². The molecule has 2 heterocycles. The Morgan fingerprint density at radius 3 is 2.81 bits per heavy atom. The molecule has 4 rings (SSSR count). The van der Waals surface area contributed by atoms with Crippen LogP contribution in [0.3, 0.4) is 0 Å². The maximum absolute atomic E-state index is 12.5. The zero-order valence-electron chi connectivity index (χ0n) is 14.8. The van der Waals surface area contributed by atoms with Crippen molar-refractivity contribution in [2.24, 2.45) is 5.92 Å². The Balaban J connectivity index is 1.52. The lowest BCUT2D eigenvalue weighted by molar-refractivity contribution is -0.184. The van der Waals surface area contributed by atoms with Crippen LogP contribution >= 0.6 is 15.9 Å². The number of benzene rings is 1. The minimum absolute atomic E-state index is 0.0670. The summed E-state index contributed by atoms with van der Waals surface area (Å²) in [6.45, 7) is 1.16. The van der Waals surface area contributed by atoms with Gasteiger partial charge in [-0.1, -0.05) is 47.7 Å². The zero-order chi connectivity index (χ0) is 18.1. The summed E-state index contributed by atoms with van der Waals surface area (Å²) in [5.41, 5.74) is 0.969. The van der Waals surface area contributed by atoms with Crippen molar-refractivity contribution in [1.29, 1.82) is 0 Å². The molecule has 140 valence electrons. The lowest BCUT2D eigenvalue weighted by atomic mass is 10.0. The van der Waals surface area contributed by atoms with E-state index in [9.17, 15) is 9.90 Å². The summed E-state index contributed by atoms with van der Waals surface area (Å²) in [4.78, 5) is 12.5. The van der Waals surface area contributed by atoms with Gasteiger partial charge in [0.1, 0.15) is 5.60 Å². The van der Waals surface area contributed by atoms with Gasteiger partial charge in [0, 0.05) is 22.5 Å². The van der Waals surface area contributed by atoms with Gasteiger partial charge in [0.05, 0.1) is 31.0 Å². The molecule has 2 aliphatic rings. The number of carbonyl (C=O) groups is 1. The van der Waals surface area contributed by atoms with Gasteiger partial charge in [-0.3, -0.25) is 4.79 Å². The summed E-state index contributed by atoms with van der Waals surface area (Å²) in [5, 5.41) is 14.5. The monoisotopic (exact) mass is 420 g/mol. The van der Waals surface area contributed by atoms with Crippen LogP contribution in [0.4, 0.5) is 5.69 Å². The lowest BCUT2D eigenvalue weighted by Crippen LogP contribution is -2.52. The maximum atomic E-state index is 12.5. The SMILES string of the molecule is O=C(CCC1CCCC1)Nc1cn(CC2(O)COC2)c2cccc(Br)c12. The van der Waals surface area contributed by atoms with E-state index in [1.165, 1.54) is 25.7 Å². The van der Waals surface area contributed by atoms with Gasteiger partial charge in [0.2, 0.25) is 5.91 Å². The fourth-order valence-corrected chi connectivity index (χ4v) is 4.70. The number of fused-ring (bicyclic) bond motifs is 1. The Kier molecular flexibility index (Phi) is 5.08. The summed E-state index contributed by atoms with van der Waals surface area (Å²) >= 11 is 3.60. The quantitative estimate of drug-likeness (QED) is 0.739. The molecule has 0 unspecified atom stereocenters. The molecule has 0 spiro atoms. The standard InChI is InChI=1S/C20H25BrN2O3/c21-15-6-3-7-17-19(15)16(10-23(17)11-20(25)12-26-13-20)22-18(24)9-8-14-4-1-2-5-14/h3,6-7,10,14,25H,1-2,4-5,8-9,11-13H2,(H,22,24). The number of rotatable bonds is 6. The van der Waals surface area contributed by atoms with E-state index in [1.807, 2.05) is 29.0 Å². The third-order valence-corrected chi connectivity index (χ3v) is 6.25. The highest BCUT2D eigenvalue weighted by atomic mass is 79.9. The fraction of sp³-hybridized carbons (Fsp3) is 0.550. The molecule has 26 heavy (non-hydrogen) atoms. The molecule has 0 atom stereocenters. The van der Waals surface area contributed by atoms with E-state index in [0.717, 1.165) is 27.5 Å². The number of aromatic nitrogens is 1. The number of anilines is 1. The predicted molar refractivity (Wildman–Crippen MR) is 105 cm³/mol. The molecule has 6 heteroatoms. The summed E-state index contributed by atoms with van der Waals surface area (Å²) < 4.78 is 8.11. The van der Waals surface area contributed by atoms with E-state index in [-0.39, 0.29) is 5.91 Å². The molecule has 1 saturated carbocycles. The fourth-order valence-electron chi connectivity index (χ4n) is 4.13. The van der Waals surface area contributed by atoms with Gasteiger partial charge >= 0.3 is 0 Å². The topological polar surface area (TPSA) is 63.5 Å². The van der Waals surface area contributed by atoms with Crippen LogP contribution in [0.1, 0.15) is 38.5 Å². The summed E-state index contributed by atoms with van der Waals surface area (Å²) in [6, 6.07) is 5.95. The minimum atomic E-state index is -0.821. The van der Waals surface area contributed by atoms with Crippen LogP contribution in [0.5, 0.6) is 0 Å². The first-order valence-corrected chi connectivity index (χ1v) is 10.2. The first-order valence-electron chi connectivity index (χ1n) is 9.41. The van der Waals surface area contributed by atoms with Crippen LogP contribution in [-0.4, -0.2) is 34.4 Å². The first kappa shape index (κ1) is 18.0. The molecule has 1 aromatic carbocycles. The van der Waals surface area contributed by atoms with Crippen LogP contribution in [-0.2, 0) is 16.1 Å². The molecule has 1 amide bonds. The van der Waals surface area contributed by atoms with E-state index >= 15 is 0 Å². The number of hydrogen-bond acceptors (Lipinski definition) is 3. The van der Waals surface area contributed by atoms with Crippen molar-refractivity contribution in [2.75, 3.05) is 18.5 Å². The Hall–Kier alpha value is -1.37. The Morgan fingerprint density at radius 1 is 1.35 bits per heavy atom. The van der Waals surface area contributed by atoms with Crippen LogP contribution < -0.4 is 5.32 Å². The van der Waals surface area contributed by atoms with Crippen molar-refractivity contribution in [3.05, 3.63) is 28.9 Å². The molecule has 5 nitrogen and oxygen atoms in total. The van der Waals surface area contributed by atoms with Crippen LogP contribution in [0, 0.1) is 5.92 Å². The first-order chi connectivity index (χ1) is 12.5. The number of carbonyl (C=O) groups excluding carboxylic acids is 1. The minimum Gasteiger partial charge on any atom is -0.383 e. The van der Waals surface area contributed by atoms with Crippen LogP contribution in [0.25, 0.3) is 10.9 Å². The van der Waals surface area contributed by atoms with Gasteiger partial charge in [-0.25, -0.2) is 0 Å². The third kappa shape index (κ3) is 3.68. The van der Waals surface area contributed by atoms with Crippen LogP contribution in [0.2, 0.25) is 0 Å². The Labute approximate surface area is 161 Å². The number of nitrogens with one attached hydrogen (secondary N) is 1. The molecule has 1 aliphatic heterocycles. The van der Waals surface area contributed by atoms with Crippen molar-refractivity contribution >= 4 is 38.4 Å². The number of aliphatic hydroxyl groups is 1. The third-order valence-electron chi connectivity index (χ3n) is 5.59. The highest BCUT2D eigenvalue weighted by Crippen LogP contribution is 2.35. The number of halogens is 1. The smallest absolute Gasteiger partial charge is 0.224 e. The average Bonchev–Trinajstić information content (AvgIpc) is 3.21. The van der Waals surface area contributed by atoms with Gasteiger partial charge in [-0.15, -0.1) is 0 Å². The van der Waals surface area contributed by atoms with Gasteiger partial charge < -0.3 is 19.7 Å². The average molecular weight is 421 g/mol. The zero-order valence-corrected chi connectivity index (χ0v) is 16.4. The van der Waals surface area contributed by atoms with E-state index < -0.39 is 5.60 Å². The highest BCUT2D eigenvalue weighted by molar-refractivity contribution is 9.10. The van der Waals surface area contributed by atoms with E-state index in [0.29, 0.717) is 32.1 Å². The largest absolute Gasteiger partial charge is 0.383 e. The summed E-state index contributed by atoms with van der Waals surface area (Å²) in [7, 11) is 0. The molecular weight excluding hydrogens is 396 g/mol. The molecule has 0 radical (unpaired) electrons. The second kappa shape index (κ2) is 7.33. The number of ether oxygens (including phenoxy) is 1. The van der Waals surface area contributed by atoms with Crippen molar-refractivity contribution in [2.45, 2.75) is 50.7 Å². The molecule has 2 fully saturated rings. The maximum Gasteiger partial charge on any atom is 0.224 e. The molecule has 2 N–H and O–H groups in total. The van der Waals surface area contributed by atoms with Gasteiger partial charge in [-0.2, -0.15) is 0 Å². The molecule has 1 aliphatic carbocycles. The number of hydrogen-bond donors (Lipinski definition) is 2. The Morgan fingerprint density at radius 2 is 2.12 bits per heavy atom. The van der Waals surface area contributed by atoms with E-state index in [1.54, 1.807) is 0 Å².